The van der Waals surface area contributed by atoms with Crippen LogP contribution in [0, 0.1) is 0 Å². The van der Waals surface area contributed by atoms with Crippen molar-refractivity contribution in [1.82, 2.24) is 4.31 Å². The molecule has 0 atom stereocenters. The van der Waals surface area contributed by atoms with Gasteiger partial charge in [0, 0.05) is 18.8 Å². The quantitative estimate of drug-likeness (QED) is 0.715. The molecule has 2 aromatic rings. The van der Waals surface area contributed by atoms with Crippen LogP contribution in [0.15, 0.2) is 53.4 Å². The summed E-state index contributed by atoms with van der Waals surface area (Å²) in [5.74, 6) is -0.214. The number of nitrogens with one attached hydrogen (secondary N) is 1. The minimum absolute atomic E-state index is 0.0444. The summed E-state index contributed by atoms with van der Waals surface area (Å²) in [5.41, 5.74) is 0.779. The van der Waals surface area contributed by atoms with Crippen molar-refractivity contribution in [3.8, 4) is 0 Å². The number of rotatable bonds is 8. The highest BCUT2D eigenvalue weighted by atomic mass is 35.5. The van der Waals surface area contributed by atoms with Gasteiger partial charge in [0.05, 0.1) is 10.8 Å². The molecule has 0 aromatic heterocycles. The smallest absolute Gasteiger partial charge is 0.244 e. The molecule has 2 aromatic carbocycles. The van der Waals surface area contributed by atoms with Crippen LogP contribution in [-0.4, -0.2) is 34.2 Å². The third-order valence-corrected chi connectivity index (χ3v) is 7.52. The minimum Gasteiger partial charge on any atom is -0.283 e. The first-order valence-electron chi connectivity index (χ1n) is 8.03. The number of halogens is 1. The molecule has 9 heteroatoms. The molecule has 142 valence electrons. The highest BCUT2D eigenvalue weighted by Gasteiger charge is 2.25. The molecule has 0 heterocycles. The summed E-state index contributed by atoms with van der Waals surface area (Å²) < 4.78 is 53.8. The second kappa shape index (κ2) is 8.39. The maximum atomic E-state index is 12.7. The van der Waals surface area contributed by atoms with E-state index < -0.39 is 20.0 Å². The van der Waals surface area contributed by atoms with Gasteiger partial charge in [-0.3, -0.25) is 4.72 Å². The van der Waals surface area contributed by atoms with Gasteiger partial charge in [-0.05, 0) is 23.8 Å². The van der Waals surface area contributed by atoms with Gasteiger partial charge in [0.15, 0.2) is 0 Å². The van der Waals surface area contributed by atoms with Crippen molar-refractivity contribution in [3.63, 3.8) is 0 Å². The van der Waals surface area contributed by atoms with E-state index in [1.165, 1.54) is 22.5 Å². The van der Waals surface area contributed by atoms with Crippen molar-refractivity contribution >= 4 is 37.3 Å². The third kappa shape index (κ3) is 4.97. The molecule has 0 bridgehead atoms. The van der Waals surface area contributed by atoms with Gasteiger partial charge >= 0.3 is 0 Å². The molecule has 0 aliphatic rings. The first-order chi connectivity index (χ1) is 12.2. The third-order valence-electron chi connectivity index (χ3n) is 3.73. The predicted molar refractivity (Wildman–Crippen MR) is 104 cm³/mol. The van der Waals surface area contributed by atoms with E-state index in [1.807, 2.05) is 0 Å². The lowest BCUT2D eigenvalue weighted by Gasteiger charge is -2.20. The first-order valence-corrected chi connectivity index (χ1v) is 11.5. The molecule has 2 rings (SSSR count). The fraction of sp³-hybridized carbons (Fsp3) is 0.294. The number of hydrogen-bond acceptors (Lipinski definition) is 4. The van der Waals surface area contributed by atoms with Crippen molar-refractivity contribution in [1.29, 1.82) is 0 Å². The summed E-state index contributed by atoms with van der Waals surface area (Å²) in [5, 5.41) is 0.0444. The van der Waals surface area contributed by atoms with Crippen LogP contribution in [0.25, 0.3) is 0 Å². The average molecular weight is 417 g/mol. The zero-order valence-electron chi connectivity index (χ0n) is 14.5. The lowest BCUT2D eigenvalue weighted by atomic mass is 10.2. The molecular weight excluding hydrogens is 396 g/mol. The van der Waals surface area contributed by atoms with Gasteiger partial charge < -0.3 is 0 Å². The summed E-state index contributed by atoms with van der Waals surface area (Å²) >= 11 is 6.06. The van der Waals surface area contributed by atoms with Gasteiger partial charge in [0.25, 0.3) is 0 Å². The van der Waals surface area contributed by atoms with Gasteiger partial charge in [0.2, 0.25) is 20.0 Å². The Labute approximate surface area is 159 Å². The van der Waals surface area contributed by atoms with Crippen LogP contribution >= 0.6 is 11.6 Å². The van der Waals surface area contributed by atoms with E-state index in [0.29, 0.717) is 18.7 Å². The van der Waals surface area contributed by atoms with Gasteiger partial charge in [-0.25, -0.2) is 16.8 Å². The van der Waals surface area contributed by atoms with E-state index in [0.717, 1.165) is 0 Å². The minimum atomic E-state index is -3.80. The van der Waals surface area contributed by atoms with Crippen molar-refractivity contribution < 1.29 is 16.8 Å². The van der Waals surface area contributed by atoms with Crippen molar-refractivity contribution in [2.75, 3.05) is 17.8 Å². The second-order valence-electron chi connectivity index (χ2n) is 5.58. The zero-order chi connectivity index (χ0) is 19.4. The Morgan fingerprint density at radius 1 is 0.962 bits per heavy atom. The van der Waals surface area contributed by atoms with E-state index in [2.05, 4.69) is 4.72 Å². The number of nitrogens with zero attached hydrogens (tertiary/aromatic N) is 1. The lowest BCUT2D eigenvalue weighted by molar-refractivity contribution is 0.445. The highest BCUT2D eigenvalue weighted by Crippen LogP contribution is 2.28. The zero-order valence-corrected chi connectivity index (χ0v) is 16.9. The summed E-state index contributed by atoms with van der Waals surface area (Å²) in [6.45, 7) is 4.03. The molecule has 6 nitrogen and oxygen atoms in total. The largest absolute Gasteiger partial charge is 0.283 e. The summed E-state index contributed by atoms with van der Waals surface area (Å²) in [6.07, 6.45) is 0. The predicted octanol–water partition coefficient (Wildman–Crippen LogP) is 3.31. The Hall–Kier alpha value is -1.61. The number of anilines is 1. The van der Waals surface area contributed by atoms with Crippen LogP contribution in [0.1, 0.15) is 19.4 Å². The molecule has 0 fully saturated rings. The van der Waals surface area contributed by atoms with Crippen LogP contribution in [0.2, 0.25) is 5.02 Å². The van der Waals surface area contributed by atoms with Crippen molar-refractivity contribution in [2.45, 2.75) is 24.5 Å². The van der Waals surface area contributed by atoms with Crippen LogP contribution in [0.4, 0.5) is 5.69 Å². The fourth-order valence-corrected chi connectivity index (χ4v) is 5.62. The van der Waals surface area contributed by atoms with Crippen molar-refractivity contribution in [3.05, 3.63) is 59.1 Å². The molecule has 0 amide bonds. The molecule has 0 spiro atoms. The molecular formula is C17H21ClN2O4S2. The number of sulfonamides is 2. The Balaban J connectivity index is 2.32. The summed E-state index contributed by atoms with van der Waals surface area (Å²) in [4.78, 5) is -0.122. The number of hydrogen-bond donors (Lipinski definition) is 1. The molecule has 0 radical (unpaired) electrons. The maximum Gasteiger partial charge on any atom is 0.244 e. The average Bonchev–Trinajstić information content (AvgIpc) is 2.57. The standard InChI is InChI=1S/C17H21ClN2O4S2/c1-3-20(4-2)26(23,24)17-12-15(10-11-16(17)18)19-25(21,22)13-14-8-6-5-7-9-14/h5-12,19H,3-4,13H2,1-2H3. The topological polar surface area (TPSA) is 83.6 Å². The van der Waals surface area contributed by atoms with Crippen LogP contribution < -0.4 is 4.72 Å². The van der Waals surface area contributed by atoms with Gasteiger partial charge in [-0.2, -0.15) is 4.31 Å². The Morgan fingerprint density at radius 3 is 2.15 bits per heavy atom. The van der Waals surface area contributed by atoms with E-state index in [1.54, 1.807) is 44.2 Å². The number of benzene rings is 2. The molecule has 0 aliphatic carbocycles. The highest BCUT2D eigenvalue weighted by molar-refractivity contribution is 7.92. The van der Waals surface area contributed by atoms with Crippen molar-refractivity contribution in [2.24, 2.45) is 0 Å². The second-order valence-corrected chi connectivity index (χ2v) is 9.62. The maximum absolute atomic E-state index is 12.7. The normalized spacial score (nSPS) is 12.3. The van der Waals surface area contributed by atoms with Gasteiger partial charge in [0.1, 0.15) is 4.90 Å². The van der Waals surface area contributed by atoms with Gasteiger partial charge in [-0.15, -0.1) is 0 Å². The lowest BCUT2D eigenvalue weighted by Crippen LogP contribution is -2.30. The molecule has 0 unspecified atom stereocenters. The summed E-state index contributed by atoms with van der Waals surface area (Å²) in [6, 6.07) is 12.8. The van der Waals surface area contributed by atoms with Crippen LogP contribution in [-0.2, 0) is 25.8 Å². The van der Waals surface area contributed by atoms with E-state index in [-0.39, 0.29) is 21.4 Å². The van der Waals surface area contributed by atoms with E-state index >= 15 is 0 Å². The SMILES string of the molecule is CCN(CC)S(=O)(=O)c1cc(NS(=O)(=O)Cc2ccccc2)ccc1Cl. The Bertz CT molecular complexity index is 958. The Morgan fingerprint density at radius 2 is 1.58 bits per heavy atom. The monoisotopic (exact) mass is 416 g/mol. The van der Waals surface area contributed by atoms with E-state index in [9.17, 15) is 16.8 Å². The fourth-order valence-electron chi connectivity index (χ4n) is 2.48. The Kier molecular flexibility index (Phi) is 6.68. The van der Waals surface area contributed by atoms with Crippen LogP contribution in [0.3, 0.4) is 0 Å². The van der Waals surface area contributed by atoms with Crippen LogP contribution in [0.5, 0.6) is 0 Å². The summed E-state index contributed by atoms with van der Waals surface area (Å²) in [7, 11) is -7.50. The molecule has 0 saturated heterocycles. The van der Waals surface area contributed by atoms with Gasteiger partial charge in [-0.1, -0.05) is 55.8 Å². The van der Waals surface area contributed by atoms with E-state index in [4.69, 9.17) is 11.6 Å². The first kappa shape index (κ1) is 20.7. The molecule has 1 N–H and O–H groups in total. The molecule has 0 saturated carbocycles. The molecule has 0 aliphatic heterocycles. The molecule has 26 heavy (non-hydrogen) atoms.